The second kappa shape index (κ2) is 13.6. The van der Waals surface area contributed by atoms with E-state index >= 15 is 0 Å². The minimum absolute atomic E-state index is 0.0306. The molecule has 0 N–H and O–H groups in total. The Morgan fingerprint density at radius 2 is 0.739 bits per heavy atom. The molecule has 0 radical (unpaired) electrons. The maximum Gasteiger partial charge on any atom is 0.243 e. The van der Waals surface area contributed by atoms with E-state index in [-0.39, 0.29) is 54.0 Å². The standard InChI is InChI=1S/C33H36ClN3O6S3/c1-25-4-10-31(11-5-25)44(38,39)35-16-18-36(45(40,41)32-12-6-26(2)7-13-32)23-28-20-29(22-30(34)21-28)24-37(19-17-35)46(42,43)33-14-8-27(3)9-15-33/h4-15,20-22H,16-19,23-24H2,1-3H3. The second-order valence-electron chi connectivity index (χ2n) is 11.5. The molecule has 1 aliphatic rings. The van der Waals surface area contributed by atoms with Gasteiger partial charge >= 0.3 is 0 Å². The van der Waals surface area contributed by atoms with Gasteiger partial charge in [-0.05, 0) is 80.4 Å². The highest BCUT2D eigenvalue weighted by atomic mass is 35.5. The van der Waals surface area contributed by atoms with Crippen LogP contribution in [-0.4, -0.2) is 64.3 Å². The van der Waals surface area contributed by atoms with Crippen molar-refractivity contribution in [2.45, 2.75) is 48.5 Å². The van der Waals surface area contributed by atoms with Crippen LogP contribution in [0.1, 0.15) is 27.8 Å². The monoisotopic (exact) mass is 701 g/mol. The molecule has 0 aromatic heterocycles. The van der Waals surface area contributed by atoms with Gasteiger partial charge in [0, 0.05) is 44.3 Å². The minimum Gasteiger partial charge on any atom is -0.207 e. The molecule has 46 heavy (non-hydrogen) atoms. The second-order valence-corrected chi connectivity index (χ2v) is 17.7. The number of fused-ring (bicyclic) bond motifs is 2. The lowest BCUT2D eigenvalue weighted by Crippen LogP contribution is -2.45. The summed E-state index contributed by atoms with van der Waals surface area (Å²) in [7, 11) is -12.3. The van der Waals surface area contributed by atoms with Crippen LogP contribution >= 0.6 is 11.6 Å². The lowest BCUT2D eigenvalue weighted by Gasteiger charge is -2.31. The predicted octanol–water partition coefficient (Wildman–Crippen LogP) is 5.35. The van der Waals surface area contributed by atoms with Gasteiger partial charge in [-0.25, -0.2) is 25.3 Å². The number of rotatable bonds is 6. The van der Waals surface area contributed by atoms with Gasteiger partial charge in [-0.15, -0.1) is 0 Å². The van der Waals surface area contributed by atoms with Gasteiger partial charge in [-0.3, -0.25) is 0 Å². The molecule has 0 spiro atoms. The summed E-state index contributed by atoms with van der Waals surface area (Å²) >= 11 is 6.49. The number of sulfonamides is 3. The van der Waals surface area contributed by atoms with E-state index < -0.39 is 30.1 Å². The van der Waals surface area contributed by atoms with Gasteiger partial charge in [0.15, 0.2) is 0 Å². The average Bonchev–Trinajstić information content (AvgIpc) is 2.99. The number of hydrogen-bond acceptors (Lipinski definition) is 6. The molecule has 4 aromatic rings. The van der Waals surface area contributed by atoms with Crippen LogP contribution in [0.5, 0.6) is 0 Å². The Bertz CT molecular complexity index is 1930. The fourth-order valence-corrected chi connectivity index (χ4v) is 9.79. The van der Waals surface area contributed by atoms with Gasteiger partial charge in [0.25, 0.3) is 0 Å². The summed E-state index contributed by atoms with van der Waals surface area (Å²) in [5.74, 6) is 0. The summed E-state index contributed by atoms with van der Waals surface area (Å²) in [6.45, 7) is 4.55. The van der Waals surface area contributed by atoms with Crippen LogP contribution in [0.4, 0.5) is 0 Å². The van der Waals surface area contributed by atoms with Gasteiger partial charge in [-0.1, -0.05) is 70.8 Å². The molecule has 0 unspecified atom stereocenters. The molecule has 0 saturated heterocycles. The zero-order valence-electron chi connectivity index (χ0n) is 25.8. The zero-order chi connectivity index (χ0) is 33.3. The predicted molar refractivity (Wildman–Crippen MR) is 179 cm³/mol. The highest BCUT2D eigenvalue weighted by molar-refractivity contribution is 7.89. The number of aryl methyl sites for hydroxylation is 3. The van der Waals surface area contributed by atoms with E-state index in [1.54, 1.807) is 54.6 Å². The molecule has 0 aliphatic carbocycles. The van der Waals surface area contributed by atoms with E-state index in [9.17, 15) is 25.3 Å². The molecule has 244 valence electrons. The summed E-state index contributed by atoms with van der Waals surface area (Å²) in [6.07, 6.45) is 0. The molecule has 9 nitrogen and oxygen atoms in total. The van der Waals surface area contributed by atoms with Crippen molar-refractivity contribution < 1.29 is 25.3 Å². The highest BCUT2D eigenvalue weighted by Gasteiger charge is 2.32. The van der Waals surface area contributed by atoms with Crippen LogP contribution in [0.2, 0.25) is 5.02 Å². The highest BCUT2D eigenvalue weighted by Crippen LogP contribution is 2.27. The maximum absolute atomic E-state index is 14.0. The van der Waals surface area contributed by atoms with E-state index in [1.807, 2.05) is 20.8 Å². The third-order valence-corrected chi connectivity index (χ3v) is 13.8. The Hall–Kier alpha value is -3.10. The summed E-state index contributed by atoms with van der Waals surface area (Å²) in [4.78, 5) is 0.189. The smallest absolute Gasteiger partial charge is 0.207 e. The van der Waals surface area contributed by atoms with E-state index in [0.717, 1.165) is 21.0 Å². The van der Waals surface area contributed by atoms with Crippen molar-refractivity contribution in [1.29, 1.82) is 0 Å². The third-order valence-electron chi connectivity index (χ3n) is 7.91. The van der Waals surface area contributed by atoms with Crippen molar-refractivity contribution in [1.82, 2.24) is 12.9 Å². The van der Waals surface area contributed by atoms with Gasteiger partial charge in [0.05, 0.1) is 14.7 Å². The van der Waals surface area contributed by atoms with E-state index in [1.165, 1.54) is 45.0 Å². The zero-order valence-corrected chi connectivity index (χ0v) is 29.0. The lowest BCUT2D eigenvalue weighted by atomic mass is 10.1. The van der Waals surface area contributed by atoms with E-state index in [2.05, 4.69) is 0 Å². The Morgan fingerprint density at radius 1 is 0.457 bits per heavy atom. The molecule has 1 heterocycles. The van der Waals surface area contributed by atoms with E-state index in [0.29, 0.717) is 16.1 Å². The average molecular weight is 702 g/mol. The van der Waals surface area contributed by atoms with Crippen molar-refractivity contribution in [3.8, 4) is 0 Å². The van der Waals surface area contributed by atoms with Crippen LogP contribution in [0.15, 0.2) is 106 Å². The third kappa shape index (κ3) is 7.54. The molecule has 0 fully saturated rings. The van der Waals surface area contributed by atoms with Gasteiger partial charge < -0.3 is 0 Å². The Labute approximate surface area is 277 Å². The van der Waals surface area contributed by atoms with Gasteiger partial charge in [-0.2, -0.15) is 12.9 Å². The fraction of sp³-hybridized carbons (Fsp3) is 0.273. The Balaban J connectivity index is 1.61. The molecule has 13 heteroatoms. The summed E-state index contributed by atoms with van der Waals surface area (Å²) < 4.78 is 87.5. The summed E-state index contributed by atoms with van der Waals surface area (Å²) in [5, 5.41) is 0.327. The van der Waals surface area contributed by atoms with Crippen molar-refractivity contribution >= 4 is 41.7 Å². The van der Waals surface area contributed by atoms with Crippen LogP contribution in [0.3, 0.4) is 0 Å². The molecule has 0 amide bonds. The molecule has 4 aromatic carbocycles. The van der Waals surface area contributed by atoms with Crippen LogP contribution < -0.4 is 0 Å². The van der Waals surface area contributed by atoms with Crippen molar-refractivity contribution in [2.24, 2.45) is 0 Å². The SMILES string of the molecule is Cc1ccc(S(=O)(=O)N2CCN(S(=O)(=O)c3ccc(C)cc3)Cc3cc(Cl)cc(c3)CN(S(=O)(=O)c3ccc(C)cc3)CC2)cc1. The molecule has 0 saturated carbocycles. The summed E-state index contributed by atoms with van der Waals surface area (Å²) in [6, 6.07) is 24.3. The fourth-order valence-electron chi connectivity index (χ4n) is 5.25. The Kier molecular flexibility index (Phi) is 10.1. The molecule has 5 rings (SSSR count). The van der Waals surface area contributed by atoms with Crippen molar-refractivity contribution in [3.63, 3.8) is 0 Å². The lowest BCUT2D eigenvalue weighted by molar-refractivity contribution is 0.309. The first-order valence-corrected chi connectivity index (χ1v) is 19.3. The topological polar surface area (TPSA) is 112 Å². The van der Waals surface area contributed by atoms with Gasteiger partial charge in [0.1, 0.15) is 0 Å². The van der Waals surface area contributed by atoms with Gasteiger partial charge in [0.2, 0.25) is 30.1 Å². The maximum atomic E-state index is 14.0. The molecular formula is C33H36ClN3O6S3. The molecule has 1 aliphatic heterocycles. The molecule has 2 bridgehead atoms. The number of hydrogen-bond donors (Lipinski definition) is 0. The van der Waals surface area contributed by atoms with Crippen LogP contribution in [0.25, 0.3) is 0 Å². The van der Waals surface area contributed by atoms with E-state index in [4.69, 9.17) is 11.6 Å². The number of nitrogens with zero attached hydrogens (tertiary/aromatic N) is 3. The summed E-state index contributed by atoms with van der Waals surface area (Å²) in [5.41, 5.74) is 3.75. The van der Waals surface area contributed by atoms with Crippen molar-refractivity contribution in [2.75, 3.05) is 26.2 Å². The quantitative estimate of drug-likeness (QED) is 0.268. The normalized spacial score (nSPS) is 16.4. The first kappa shape index (κ1) is 34.2. The Morgan fingerprint density at radius 3 is 1.07 bits per heavy atom. The van der Waals surface area contributed by atoms with Crippen LogP contribution in [-0.2, 0) is 43.2 Å². The largest absolute Gasteiger partial charge is 0.243 e. The van der Waals surface area contributed by atoms with Crippen LogP contribution in [0, 0.1) is 20.8 Å². The number of benzene rings is 4. The first-order chi connectivity index (χ1) is 21.7. The van der Waals surface area contributed by atoms with Crippen molar-refractivity contribution in [3.05, 3.63) is 124 Å². The minimum atomic E-state index is -4.15. The molecule has 0 atom stereocenters. The first-order valence-electron chi connectivity index (χ1n) is 14.6. The molecular weight excluding hydrogens is 666 g/mol. The number of halogens is 1.